The van der Waals surface area contributed by atoms with E-state index in [1.165, 1.54) is 0 Å². The molecule has 0 heterocycles. The van der Waals surface area contributed by atoms with Crippen LogP contribution >= 0.6 is 7.06 Å². The summed E-state index contributed by atoms with van der Waals surface area (Å²) >= 11 is 0. The van der Waals surface area contributed by atoms with Gasteiger partial charge in [0, 0.05) is 0 Å². The van der Waals surface area contributed by atoms with Crippen LogP contribution in [0.1, 0.15) is 39.5 Å². The van der Waals surface area contributed by atoms with Crippen LogP contribution in [-0.2, 0) is 0 Å². The van der Waals surface area contributed by atoms with Crippen molar-refractivity contribution >= 4 is 12.4 Å². The van der Waals surface area contributed by atoms with Crippen molar-refractivity contribution in [2.24, 2.45) is 0 Å². The quantitative estimate of drug-likeness (QED) is 0.735. The molecule has 0 aliphatic rings. The van der Waals surface area contributed by atoms with Crippen LogP contribution < -0.4 is 5.30 Å². The van der Waals surface area contributed by atoms with E-state index in [-0.39, 0.29) is 0 Å². The molecule has 17 heavy (non-hydrogen) atoms. The summed E-state index contributed by atoms with van der Waals surface area (Å²) in [5, 5.41) is 0.750. The van der Waals surface area contributed by atoms with E-state index in [2.05, 4.69) is 13.8 Å². The number of rotatable bonds is 7. The molecule has 0 saturated heterocycles. The minimum absolute atomic E-state index is 0.534. The van der Waals surface area contributed by atoms with Crippen LogP contribution in [0.15, 0.2) is 30.3 Å². The van der Waals surface area contributed by atoms with Gasteiger partial charge in [-0.15, -0.1) is 0 Å². The first-order valence-electron chi connectivity index (χ1n) is 6.58. The average molecular weight is 256 g/mol. The monoisotopic (exact) mass is 256 g/mol. The van der Waals surface area contributed by atoms with E-state index in [1.807, 2.05) is 30.3 Å². The van der Waals surface area contributed by atoms with Gasteiger partial charge in [0.05, 0.1) is 0 Å². The predicted molar refractivity (Wildman–Crippen MR) is 77.0 cm³/mol. The van der Waals surface area contributed by atoms with Gasteiger partial charge >= 0.3 is 104 Å². The molecule has 2 N–H and O–H groups in total. The molecule has 1 rings (SSSR count). The zero-order chi connectivity index (χ0) is 12.8. The Hall–Kier alpha value is -0.430. The Kier molecular flexibility index (Phi) is 5.12. The molecule has 0 aliphatic heterocycles. The zero-order valence-corrected chi connectivity index (χ0v) is 11.9. The van der Waals surface area contributed by atoms with Crippen molar-refractivity contribution in [3.05, 3.63) is 30.3 Å². The Morgan fingerprint density at radius 3 is 1.76 bits per heavy atom. The Morgan fingerprint density at radius 1 is 0.882 bits per heavy atom. The van der Waals surface area contributed by atoms with Gasteiger partial charge in [-0.3, -0.25) is 0 Å². The molecule has 0 unspecified atom stereocenters. The fourth-order valence-electron chi connectivity index (χ4n) is 2.12. The maximum absolute atomic E-state index is 10.9. The topological polar surface area (TPSA) is 40.5 Å². The van der Waals surface area contributed by atoms with Gasteiger partial charge in [0.25, 0.3) is 0 Å². The van der Waals surface area contributed by atoms with Crippen LogP contribution in [0.2, 0.25) is 0 Å². The number of hydrogen-bond donors (Lipinski definition) is 2. The van der Waals surface area contributed by atoms with Gasteiger partial charge in [-0.25, -0.2) is 0 Å². The van der Waals surface area contributed by atoms with Crippen molar-refractivity contribution in [3.63, 3.8) is 0 Å². The molecule has 0 aliphatic carbocycles. The van der Waals surface area contributed by atoms with Crippen molar-refractivity contribution in [3.8, 4) is 0 Å². The summed E-state index contributed by atoms with van der Waals surface area (Å²) in [5.74, 6) is 0. The third kappa shape index (κ3) is 3.77. The zero-order valence-electron chi connectivity index (χ0n) is 11.0. The molecule has 0 saturated carbocycles. The minimum atomic E-state index is -3.65. The third-order valence-electron chi connectivity index (χ3n) is 3.32. The Labute approximate surface area is 105 Å². The van der Waals surface area contributed by atoms with Gasteiger partial charge in [-0.2, -0.15) is 0 Å². The molecule has 0 atom stereocenters. The van der Waals surface area contributed by atoms with Crippen molar-refractivity contribution in [2.75, 3.05) is 12.3 Å². The second-order valence-electron chi connectivity index (χ2n) is 4.88. The van der Waals surface area contributed by atoms with Crippen LogP contribution in [-0.4, -0.2) is 22.1 Å². The first kappa shape index (κ1) is 14.6. The second-order valence-corrected chi connectivity index (χ2v) is 9.09. The summed E-state index contributed by atoms with van der Waals surface area (Å²) in [6, 6.07) is 9.42. The van der Waals surface area contributed by atoms with Gasteiger partial charge in [0.1, 0.15) is 0 Å². The van der Waals surface area contributed by atoms with Crippen molar-refractivity contribution in [1.29, 1.82) is 0 Å². The van der Waals surface area contributed by atoms with E-state index in [0.29, 0.717) is 12.3 Å². The van der Waals surface area contributed by atoms with Crippen LogP contribution in [0, 0.1) is 0 Å². The summed E-state index contributed by atoms with van der Waals surface area (Å²) in [7, 11) is -3.65. The van der Waals surface area contributed by atoms with E-state index in [9.17, 15) is 9.79 Å². The van der Waals surface area contributed by atoms with E-state index in [1.54, 1.807) is 0 Å². The molecule has 2 nitrogen and oxygen atoms in total. The van der Waals surface area contributed by atoms with Gasteiger partial charge in [0.2, 0.25) is 0 Å². The molecule has 0 aromatic heterocycles. The van der Waals surface area contributed by atoms with Crippen molar-refractivity contribution in [2.45, 2.75) is 39.5 Å². The molecular weight excluding hydrogens is 231 g/mol. The molecular formula is C14H25O2P. The molecule has 98 valence electrons. The second kappa shape index (κ2) is 5.95. The Morgan fingerprint density at radius 2 is 1.35 bits per heavy atom. The number of benzene rings is 1. The first-order chi connectivity index (χ1) is 8.02. The molecule has 1 aromatic carbocycles. The first-order valence-corrected chi connectivity index (χ1v) is 9.09. The van der Waals surface area contributed by atoms with Crippen molar-refractivity contribution in [1.82, 2.24) is 0 Å². The molecule has 0 radical (unpaired) electrons. The fraction of sp³-hybridized carbons (Fsp3) is 0.571. The molecule has 0 spiro atoms. The van der Waals surface area contributed by atoms with E-state index < -0.39 is 7.06 Å². The number of hydrogen-bond acceptors (Lipinski definition) is 2. The SMILES string of the molecule is CCCCP(O)(O)(CCCC)c1ccccc1. The summed E-state index contributed by atoms with van der Waals surface area (Å²) < 4.78 is 0. The molecule has 0 amide bonds. The summed E-state index contributed by atoms with van der Waals surface area (Å²) in [6.45, 7) is 4.17. The van der Waals surface area contributed by atoms with E-state index in [4.69, 9.17) is 0 Å². The average Bonchev–Trinajstić information content (AvgIpc) is 2.36. The Bertz CT molecular complexity index is 323. The molecule has 1 aromatic rings. The Balaban J connectivity index is 3.00. The molecule has 3 heteroatoms. The van der Waals surface area contributed by atoms with E-state index in [0.717, 1.165) is 31.0 Å². The normalized spacial score (nSPS) is 14.2. The number of unbranched alkanes of at least 4 members (excludes halogenated alkanes) is 2. The molecule has 0 fully saturated rings. The summed E-state index contributed by atoms with van der Waals surface area (Å²) in [6.07, 6.45) is 4.82. The van der Waals surface area contributed by atoms with E-state index >= 15 is 0 Å². The van der Waals surface area contributed by atoms with Crippen LogP contribution in [0.5, 0.6) is 0 Å². The van der Waals surface area contributed by atoms with Gasteiger partial charge < -0.3 is 0 Å². The molecule has 0 bridgehead atoms. The van der Waals surface area contributed by atoms with Crippen LogP contribution in [0.3, 0.4) is 0 Å². The third-order valence-corrected chi connectivity index (χ3v) is 7.32. The fourth-order valence-corrected chi connectivity index (χ4v) is 5.68. The van der Waals surface area contributed by atoms with Gasteiger partial charge in [0.15, 0.2) is 0 Å². The van der Waals surface area contributed by atoms with Gasteiger partial charge in [-0.1, -0.05) is 0 Å². The summed E-state index contributed by atoms with van der Waals surface area (Å²) in [4.78, 5) is 21.8. The standard InChI is InChI=1S/C14H25O2P/c1-3-5-12-17(15,16,13-6-4-2)14-10-8-7-9-11-14/h7-11,15-16H,3-6,12-13H2,1-2H3. The predicted octanol–water partition coefficient (Wildman–Crippen LogP) is 3.28. The van der Waals surface area contributed by atoms with Crippen molar-refractivity contribution < 1.29 is 9.79 Å². The summed E-state index contributed by atoms with van der Waals surface area (Å²) in [5.41, 5.74) is 0. The van der Waals surface area contributed by atoms with Gasteiger partial charge in [-0.05, 0) is 0 Å². The van der Waals surface area contributed by atoms with Crippen LogP contribution in [0.4, 0.5) is 0 Å². The van der Waals surface area contributed by atoms with Crippen LogP contribution in [0.25, 0.3) is 0 Å². The maximum atomic E-state index is 10.9.